The van der Waals surface area contributed by atoms with E-state index in [1.165, 1.54) is 11.9 Å². The molecular weight excluding hydrogens is 300 g/mol. The molecule has 0 aliphatic carbocycles. The predicted molar refractivity (Wildman–Crippen MR) is 92.8 cm³/mol. The molecule has 0 bridgehead atoms. The summed E-state index contributed by atoms with van der Waals surface area (Å²) in [6, 6.07) is 10.5. The van der Waals surface area contributed by atoms with E-state index in [0.29, 0.717) is 17.9 Å². The van der Waals surface area contributed by atoms with E-state index >= 15 is 0 Å². The van der Waals surface area contributed by atoms with Crippen LogP contribution in [0.5, 0.6) is 0 Å². The highest BCUT2D eigenvalue weighted by Crippen LogP contribution is 2.41. The van der Waals surface area contributed by atoms with Crippen molar-refractivity contribution in [1.82, 2.24) is 9.97 Å². The lowest BCUT2D eigenvalue weighted by molar-refractivity contribution is 0.402. The van der Waals surface area contributed by atoms with Crippen molar-refractivity contribution in [2.45, 2.75) is 44.4 Å². The number of nitriles is 1. The molecule has 2 aromatic rings. The van der Waals surface area contributed by atoms with Crippen molar-refractivity contribution in [2.24, 2.45) is 11.5 Å². The minimum Gasteiger partial charge on any atom is -0.320 e. The number of fused-ring (bicyclic) bond motifs is 1. The van der Waals surface area contributed by atoms with Gasteiger partial charge in [0.2, 0.25) is 0 Å². The Morgan fingerprint density at radius 3 is 2.50 bits per heavy atom. The highest BCUT2D eigenvalue weighted by atomic mass is 15.4. The third-order valence-corrected chi connectivity index (χ3v) is 4.50. The molecule has 1 unspecified atom stereocenters. The number of anilines is 1. The van der Waals surface area contributed by atoms with Gasteiger partial charge in [-0.25, -0.2) is 9.97 Å². The zero-order valence-corrected chi connectivity index (χ0v) is 14.2. The molecule has 0 fully saturated rings. The summed E-state index contributed by atoms with van der Waals surface area (Å²) in [6.45, 7) is 7.02. The van der Waals surface area contributed by atoms with Crippen molar-refractivity contribution < 1.29 is 0 Å². The largest absolute Gasteiger partial charge is 0.320 e. The van der Waals surface area contributed by atoms with E-state index < -0.39 is 11.7 Å². The van der Waals surface area contributed by atoms with Crippen LogP contribution in [0.25, 0.3) is 0 Å². The van der Waals surface area contributed by atoms with Gasteiger partial charge in [-0.3, -0.25) is 11.5 Å². The quantitative estimate of drug-likeness (QED) is 0.819. The molecule has 0 saturated heterocycles. The SMILES string of the molecule is CC(C)(C)c1ccc(CN2c3ncncc3C(C#N)C2(N)N)cc1. The molecule has 124 valence electrons. The van der Waals surface area contributed by atoms with Crippen LogP contribution in [0.15, 0.2) is 36.8 Å². The molecule has 1 atom stereocenters. The van der Waals surface area contributed by atoms with E-state index in [0.717, 1.165) is 5.56 Å². The zero-order chi connectivity index (χ0) is 17.5. The Bertz CT molecular complexity index is 782. The predicted octanol–water partition coefficient (Wildman–Crippen LogP) is 1.97. The van der Waals surface area contributed by atoms with Gasteiger partial charge in [0.15, 0.2) is 5.79 Å². The van der Waals surface area contributed by atoms with Crippen LogP contribution < -0.4 is 16.4 Å². The van der Waals surface area contributed by atoms with Crippen LogP contribution >= 0.6 is 0 Å². The molecule has 0 radical (unpaired) electrons. The van der Waals surface area contributed by atoms with Crippen LogP contribution in [0.2, 0.25) is 0 Å². The summed E-state index contributed by atoms with van der Waals surface area (Å²) in [5.74, 6) is -1.35. The lowest BCUT2D eigenvalue weighted by atomic mass is 9.87. The van der Waals surface area contributed by atoms with Gasteiger partial charge in [0, 0.05) is 18.3 Å². The third kappa shape index (κ3) is 2.62. The van der Waals surface area contributed by atoms with Gasteiger partial charge in [0.1, 0.15) is 18.1 Å². The molecule has 0 amide bonds. The molecule has 1 aliphatic rings. The minimum absolute atomic E-state index is 0.101. The van der Waals surface area contributed by atoms with Crippen molar-refractivity contribution >= 4 is 5.82 Å². The monoisotopic (exact) mass is 322 g/mol. The van der Waals surface area contributed by atoms with Crippen LogP contribution in [0.1, 0.15) is 43.4 Å². The smallest absolute Gasteiger partial charge is 0.163 e. The Hall–Kier alpha value is -2.49. The summed E-state index contributed by atoms with van der Waals surface area (Å²) in [5.41, 5.74) is 15.7. The van der Waals surface area contributed by atoms with Crippen LogP contribution in [-0.2, 0) is 12.0 Å². The van der Waals surface area contributed by atoms with Gasteiger partial charge >= 0.3 is 0 Å². The van der Waals surface area contributed by atoms with Gasteiger partial charge in [-0.1, -0.05) is 45.0 Å². The first-order chi connectivity index (χ1) is 11.2. The molecule has 0 spiro atoms. The van der Waals surface area contributed by atoms with Gasteiger partial charge in [-0.15, -0.1) is 0 Å². The van der Waals surface area contributed by atoms with Crippen LogP contribution in [0, 0.1) is 11.3 Å². The van der Waals surface area contributed by atoms with E-state index in [9.17, 15) is 5.26 Å². The normalized spacial score (nSPS) is 19.0. The topological polar surface area (TPSA) is 105 Å². The van der Waals surface area contributed by atoms with E-state index in [1.54, 1.807) is 11.1 Å². The van der Waals surface area contributed by atoms with E-state index in [1.807, 2.05) is 0 Å². The van der Waals surface area contributed by atoms with Crippen molar-refractivity contribution in [3.8, 4) is 6.07 Å². The lowest BCUT2D eigenvalue weighted by Crippen LogP contribution is -2.63. The maximum atomic E-state index is 9.47. The summed E-state index contributed by atoms with van der Waals surface area (Å²) >= 11 is 0. The molecule has 2 heterocycles. The number of rotatable bonds is 2. The number of benzene rings is 1. The second kappa shape index (κ2) is 5.55. The van der Waals surface area contributed by atoms with Crippen molar-refractivity contribution in [3.63, 3.8) is 0 Å². The Balaban J connectivity index is 1.94. The molecule has 4 N–H and O–H groups in total. The molecular formula is C18H22N6. The Kier molecular flexibility index (Phi) is 3.78. The molecule has 6 nitrogen and oxygen atoms in total. The number of hydrogen-bond acceptors (Lipinski definition) is 6. The van der Waals surface area contributed by atoms with Crippen LogP contribution in [0.3, 0.4) is 0 Å². The number of nitrogens with two attached hydrogens (primary N) is 2. The second-order valence-corrected chi connectivity index (χ2v) is 7.28. The fourth-order valence-electron chi connectivity index (χ4n) is 3.03. The lowest BCUT2D eigenvalue weighted by Gasteiger charge is -2.34. The maximum Gasteiger partial charge on any atom is 0.163 e. The summed E-state index contributed by atoms with van der Waals surface area (Å²) < 4.78 is 0. The molecule has 0 saturated carbocycles. The van der Waals surface area contributed by atoms with E-state index in [4.69, 9.17) is 11.5 Å². The summed E-state index contributed by atoms with van der Waals surface area (Å²) in [7, 11) is 0. The van der Waals surface area contributed by atoms with Gasteiger partial charge in [0.05, 0.1) is 6.07 Å². The fourth-order valence-corrected chi connectivity index (χ4v) is 3.03. The van der Waals surface area contributed by atoms with Gasteiger partial charge in [-0.2, -0.15) is 5.26 Å². The van der Waals surface area contributed by atoms with Crippen LogP contribution in [-0.4, -0.2) is 15.8 Å². The van der Waals surface area contributed by atoms with Crippen molar-refractivity contribution in [3.05, 3.63) is 53.5 Å². The van der Waals surface area contributed by atoms with Crippen molar-refractivity contribution in [1.29, 1.82) is 5.26 Å². The number of nitrogens with zero attached hydrogens (tertiary/aromatic N) is 4. The fraction of sp³-hybridized carbons (Fsp3) is 0.389. The van der Waals surface area contributed by atoms with Crippen LogP contribution in [0.4, 0.5) is 5.82 Å². The van der Waals surface area contributed by atoms with Crippen molar-refractivity contribution in [2.75, 3.05) is 4.90 Å². The first kappa shape index (κ1) is 16.4. The molecule has 1 aliphatic heterocycles. The third-order valence-electron chi connectivity index (χ3n) is 4.50. The Labute approximate surface area is 142 Å². The average molecular weight is 322 g/mol. The van der Waals surface area contributed by atoms with Gasteiger partial charge < -0.3 is 4.90 Å². The molecule has 6 heteroatoms. The average Bonchev–Trinajstić information content (AvgIpc) is 2.74. The Morgan fingerprint density at radius 1 is 1.25 bits per heavy atom. The second-order valence-electron chi connectivity index (χ2n) is 7.28. The standard InChI is InChI=1S/C18H22N6/c1-17(2,3)13-6-4-12(5-7-13)10-24-16-14(9-22-11-23-16)15(8-19)18(24,20)21/h4-7,9,11,15H,10,20-21H2,1-3H3. The Morgan fingerprint density at radius 2 is 1.92 bits per heavy atom. The maximum absolute atomic E-state index is 9.47. The minimum atomic E-state index is -1.31. The van der Waals surface area contributed by atoms with E-state index in [2.05, 4.69) is 61.1 Å². The molecule has 1 aromatic heterocycles. The summed E-state index contributed by atoms with van der Waals surface area (Å²) in [4.78, 5) is 10.1. The molecule has 24 heavy (non-hydrogen) atoms. The first-order valence-electron chi connectivity index (χ1n) is 7.89. The molecule has 1 aromatic carbocycles. The zero-order valence-electron chi connectivity index (χ0n) is 14.2. The van der Waals surface area contributed by atoms with Gasteiger partial charge in [-0.05, 0) is 16.5 Å². The highest BCUT2D eigenvalue weighted by Gasteiger charge is 2.48. The molecule has 3 rings (SSSR count). The number of aromatic nitrogens is 2. The van der Waals surface area contributed by atoms with Gasteiger partial charge in [0.25, 0.3) is 0 Å². The highest BCUT2D eigenvalue weighted by molar-refractivity contribution is 5.60. The van der Waals surface area contributed by atoms with E-state index in [-0.39, 0.29) is 5.41 Å². The summed E-state index contributed by atoms with van der Waals surface area (Å²) in [6.07, 6.45) is 3.07. The summed E-state index contributed by atoms with van der Waals surface area (Å²) in [5, 5.41) is 9.47. The first-order valence-corrected chi connectivity index (χ1v) is 7.89. The number of hydrogen-bond donors (Lipinski definition) is 2.